The second kappa shape index (κ2) is 7.42. The Kier molecular flexibility index (Phi) is 5.84. The van der Waals surface area contributed by atoms with Crippen LogP contribution in [0.15, 0.2) is 29.4 Å². The third kappa shape index (κ3) is 4.16. The molecule has 0 saturated heterocycles. The van der Waals surface area contributed by atoms with Crippen LogP contribution in [-0.4, -0.2) is 23.7 Å². The Bertz CT molecular complexity index is 376. The van der Waals surface area contributed by atoms with E-state index in [1.165, 1.54) is 0 Å². The molecule has 0 aromatic heterocycles. The number of hydrogen-bond acceptors (Lipinski definition) is 4. The summed E-state index contributed by atoms with van der Waals surface area (Å²) in [5.74, 6) is 1.03. The highest BCUT2D eigenvalue weighted by Gasteiger charge is 2.10. The molecular formula is C13H21N3O2. The number of anilines is 1. The largest absolute Gasteiger partial charge is 0.494 e. The van der Waals surface area contributed by atoms with Crippen LogP contribution in [0, 0.1) is 0 Å². The Hall–Kier alpha value is -1.91. The van der Waals surface area contributed by atoms with E-state index >= 15 is 0 Å². The number of nitrogens with one attached hydrogen (secondary N) is 1. The molecule has 0 radical (unpaired) electrons. The van der Waals surface area contributed by atoms with E-state index < -0.39 is 0 Å². The molecule has 0 aliphatic heterocycles. The summed E-state index contributed by atoms with van der Waals surface area (Å²) in [6.45, 7) is 4.75. The smallest absolute Gasteiger partial charge is 0.161 e. The predicted octanol–water partition coefficient (Wildman–Crippen LogP) is 2.41. The lowest BCUT2D eigenvalue weighted by Crippen LogP contribution is -2.35. The zero-order valence-electron chi connectivity index (χ0n) is 10.9. The van der Waals surface area contributed by atoms with Crippen LogP contribution in [0.1, 0.15) is 26.7 Å². The Balaban J connectivity index is 2.62. The van der Waals surface area contributed by atoms with Gasteiger partial charge in [-0.25, -0.2) is 0 Å². The van der Waals surface area contributed by atoms with Crippen molar-refractivity contribution in [1.82, 2.24) is 0 Å². The maximum Gasteiger partial charge on any atom is 0.161 e. The minimum atomic E-state index is -0.169. The van der Waals surface area contributed by atoms with E-state index in [-0.39, 0.29) is 11.9 Å². The Labute approximate surface area is 108 Å². The van der Waals surface area contributed by atoms with Crippen LogP contribution in [0.2, 0.25) is 0 Å². The second-order valence-corrected chi connectivity index (χ2v) is 4.00. The summed E-state index contributed by atoms with van der Waals surface area (Å²) < 4.78 is 5.49. The molecule has 0 saturated carbocycles. The van der Waals surface area contributed by atoms with E-state index in [1.54, 1.807) is 0 Å². The number of rotatable bonds is 7. The van der Waals surface area contributed by atoms with Gasteiger partial charge in [0.1, 0.15) is 5.75 Å². The van der Waals surface area contributed by atoms with Crippen molar-refractivity contribution in [3.63, 3.8) is 0 Å². The minimum absolute atomic E-state index is 0.169. The number of benzene rings is 1. The van der Waals surface area contributed by atoms with Crippen molar-refractivity contribution in [3.05, 3.63) is 24.3 Å². The molecule has 4 N–H and O–H groups in total. The summed E-state index contributed by atoms with van der Waals surface area (Å²) in [4.78, 5) is 0. The van der Waals surface area contributed by atoms with Gasteiger partial charge < -0.3 is 21.0 Å². The number of nitrogens with two attached hydrogens (primary N) is 1. The third-order valence-electron chi connectivity index (χ3n) is 2.55. The summed E-state index contributed by atoms with van der Waals surface area (Å²) in [7, 11) is 0. The van der Waals surface area contributed by atoms with Gasteiger partial charge in [0, 0.05) is 5.69 Å². The maximum atomic E-state index is 8.66. The van der Waals surface area contributed by atoms with Crippen molar-refractivity contribution in [3.8, 4) is 5.75 Å². The fraction of sp³-hybridized carbons (Fsp3) is 0.462. The van der Waals surface area contributed by atoms with Crippen molar-refractivity contribution in [1.29, 1.82) is 0 Å². The van der Waals surface area contributed by atoms with Gasteiger partial charge in [0.2, 0.25) is 0 Å². The summed E-state index contributed by atoms with van der Waals surface area (Å²) in [6, 6.07) is 7.46. The van der Waals surface area contributed by atoms with E-state index in [4.69, 9.17) is 15.7 Å². The zero-order valence-corrected chi connectivity index (χ0v) is 10.9. The van der Waals surface area contributed by atoms with Gasteiger partial charge >= 0.3 is 0 Å². The first-order valence-corrected chi connectivity index (χ1v) is 6.18. The number of amidine groups is 1. The normalized spacial score (nSPS) is 13.1. The van der Waals surface area contributed by atoms with E-state index in [0.29, 0.717) is 6.61 Å². The highest BCUT2D eigenvalue weighted by molar-refractivity contribution is 5.87. The van der Waals surface area contributed by atoms with Gasteiger partial charge in [-0.2, -0.15) is 0 Å². The van der Waals surface area contributed by atoms with Gasteiger partial charge in [-0.3, -0.25) is 0 Å². The standard InChI is InChI=1S/C13H21N3O2/c1-3-9-18-11-7-5-10(6-8-11)15-12(4-2)13(14)16-17/h5-8,12,15,17H,3-4,9H2,1-2H3,(H2,14,16). The average molecular weight is 251 g/mol. The highest BCUT2D eigenvalue weighted by Crippen LogP contribution is 2.17. The summed E-state index contributed by atoms with van der Waals surface area (Å²) in [6.07, 6.45) is 1.73. The molecule has 5 heteroatoms. The fourth-order valence-electron chi connectivity index (χ4n) is 1.52. The Morgan fingerprint density at radius 3 is 2.56 bits per heavy atom. The maximum absolute atomic E-state index is 8.66. The van der Waals surface area contributed by atoms with Crippen molar-refractivity contribution < 1.29 is 9.94 Å². The second-order valence-electron chi connectivity index (χ2n) is 4.00. The number of hydrogen-bond donors (Lipinski definition) is 3. The monoisotopic (exact) mass is 251 g/mol. The molecule has 0 aliphatic carbocycles. The number of ether oxygens (including phenoxy) is 1. The van der Waals surface area contributed by atoms with Gasteiger partial charge in [-0.1, -0.05) is 19.0 Å². The highest BCUT2D eigenvalue weighted by atomic mass is 16.5. The van der Waals surface area contributed by atoms with Gasteiger partial charge in [0.05, 0.1) is 12.6 Å². The molecule has 1 aromatic rings. The lowest BCUT2D eigenvalue weighted by atomic mass is 10.2. The van der Waals surface area contributed by atoms with Crippen molar-refractivity contribution in [2.45, 2.75) is 32.7 Å². The molecule has 100 valence electrons. The van der Waals surface area contributed by atoms with Crippen molar-refractivity contribution >= 4 is 11.5 Å². The molecule has 0 bridgehead atoms. The van der Waals surface area contributed by atoms with Gasteiger partial charge in [0.15, 0.2) is 5.84 Å². The molecule has 0 amide bonds. The van der Waals surface area contributed by atoms with Crippen molar-refractivity contribution in [2.75, 3.05) is 11.9 Å². The topological polar surface area (TPSA) is 79.9 Å². The van der Waals surface area contributed by atoms with E-state index in [0.717, 1.165) is 24.3 Å². The van der Waals surface area contributed by atoms with Crippen LogP contribution in [0.3, 0.4) is 0 Å². The molecule has 1 aromatic carbocycles. The number of nitrogens with zero attached hydrogens (tertiary/aromatic N) is 1. The molecule has 0 aliphatic rings. The lowest BCUT2D eigenvalue weighted by Gasteiger charge is -2.16. The van der Waals surface area contributed by atoms with Crippen LogP contribution in [0.5, 0.6) is 5.75 Å². The van der Waals surface area contributed by atoms with Crippen molar-refractivity contribution in [2.24, 2.45) is 10.9 Å². The molecular weight excluding hydrogens is 230 g/mol. The lowest BCUT2D eigenvalue weighted by molar-refractivity contribution is 0.316. The van der Waals surface area contributed by atoms with Crippen LogP contribution in [0.25, 0.3) is 0 Å². The molecule has 0 heterocycles. The van der Waals surface area contributed by atoms with Gasteiger partial charge in [-0.15, -0.1) is 0 Å². The molecule has 1 unspecified atom stereocenters. The van der Waals surface area contributed by atoms with E-state index in [1.807, 2.05) is 31.2 Å². The SMILES string of the molecule is CCCOc1ccc(NC(CC)/C(N)=N/O)cc1. The van der Waals surface area contributed by atoms with Gasteiger partial charge in [0.25, 0.3) is 0 Å². The Morgan fingerprint density at radius 1 is 1.39 bits per heavy atom. The van der Waals surface area contributed by atoms with E-state index in [9.17, 15) is 0 Å². The van der Waals surface area contributed by atoms with Crippen LogP contribution in [0.4, 0.5) is 5.69 Å². The fourth-order valence-corrected chi connectivity index (χ4v) is 1.52. The number of oxime groups is 1. The van der Waals surface area contributed by atoms with Crippen LogP contribution >= 0.6 is 0 Å². The molecule has 1 atom stereocenters. The molecule has 1 rings (SSSR count). The first-order chi connectivity index (χ1) is 8.71. The minimum Gasteiger partial charge on any atom is -0.494 e. The molecule has 0 fully saturated rings. The quantitative estimate of drug-likeness (QED) is 0.301. The molecule has 0 spiro atoms. The average Bonchev–Trinajstić information content (AvgIpc) is 2.43. The third-order valence-corrected chi connectivity index (χ3v) is 2.55. The van der Waals surface area contributed by atoms with Gasteiger partial charge in [-0.05, 0) is 37.1 Å². The summed E-state index contributed by atoms with van der Waals surface area (Å²) in [5, 5.41) is 14.9. The predicted molar refractivity (Wildman–Crippen MR) is 73.3 cm³/mol. The summed E-state index contributed by atoms with van der Waals surface area (Å²) in [5.41, 5.74) is 6.50. The molecule has 5 nitrogen and oxygen atoms in total. The first kappa shape index (κ1) is 14.2. The molecule has 18 heavy (non-hydrogen) atoms. The van der Waals surface area contributed by atoms with E-state index in [2.05, 4.69) is 17.4 Å². The summed E-state index contributed by atoms with van der Waals surface area (Å²) >= 11 is 0. The first-order valence-electron chi connectivity index (χ1n) is 6.18. The Morgan fingerprint density at radius 2 is 2.06 bits per heavy atom. The zero-order chi connectivity index (χ0) is 13.4. The van der Waals surface area contributed by atoms with Crippen LogP contribution < -0.4 is 15.8 Å². The van der Waals surface area contributed by atoms with Crippen LogP contribution in [-0.2, 0) is 0 Å².